The molecule has 1 aliphatic heterocycles. The third-order valence-corrected chi connectivity index (χ3v) is 6.27. The predicted molar refractivity (Wildman–Crippen MR) is 122 cm³/mol. The summed E-state index contributed by atoms with van der Waals surface area (Å²) in [5.74, 6) is 0.471. The highest BCUT2D eigenvalue weighted by Crippen LogP contribution is 2.40. The Hall–Kier alpha value is -2.29. The highest BCUT2D eigenvalue weighted by Gasteiger charge is 2.45. The first kappa shape index (κ1) is 24.8. The van der Waals surface area contributed by atoms with Crippen molar-refractivity contribution >= 4 is 40.7 Å². The van der Waals surface area contributed by atoms with Crippen LogP contribution in [0.4, 0.5) is 5.95 Å². The summed E-state index contributed by atoms with van der Waals surface area (Å²) in [6, 6.07) is 7.21. The molecule has 34 heavy (non-hydrogen) atoms. The Morgan fingerprint density at radius 1 is 1.24 bits per heavy atom. The van der Waals surface area contributed by atoms with Crippen molar-refractivity contribution in [2.45, 2.75) is 31.0 Å². The van der Waals surface area contributed by atoms with Gasteiger partial charge in [0.05, 0.1) is 13.2 Å². The number of ether oxygens (including phenoxy) is 2. The number of aromatic amines is 1. The van der Waals surface area contributed by atoms with Gasteiger partial charge in [-0.25, -0.2) is 9.55 Å². The molecule has 15 heteroatoms. The molecule has 4 rings (SSSR count). The fourth-order valence-electron chi connectivity index (χ4n) is 3.74. The number of phosphoric acid groups is 1. The summed E-state index contributed by atoms with van der Waals surface area (Å²) in [7, 11) is -4.81. The van der Waals surface area contributed by atoms with Gasteiger partial charge < -0.3 is 39.8 Å². The van der Waals surface area contributed by atoms with Crippen molar-refractivity contribution in [2.75, 3.05) is 18.9 Å². The number of halogens is 1. The standard InChI is InChI=1S/C19H22BrN4O9P/c20-9-1-3-10(4-2-9)31-6-5-24-7-11(13-14(24)18(27)23-19(21)22-13)17-16(26)15(25)12(33-17)8-32-34(28,29)30/h1-4,7,12,15-17,25-26H,5-6,8H2,(H2,28,29,30)(H3,21,22,23,27)/t12-,15-,16-,17+/m1/s1. The normalized spacial score (nSPS) is 23.0. The van der Waals surface area contributed by atoms with E-state index in [1.54, 1.807) is 16.7 Å². The third kappa shape index (κ3) is 5.34. The van der Waals surface area contributed by atoms with Crippen LogP contribution < -0.4 is 16.0 Å². The lowest BCUT2D eigenvalue weighted by atomic mass is 10.0. The van der Waals surface area contributed by atoms with E-state index in [0.717, 1.165) is 4.47 Å². The number of aliphatic hydroxyl groups is 2. The third-order valence-electron chi connectivity index (χ3n) is 5.26. The summed E-state index contributed by atoms with van der Waals surface area (Å²) >= 11 is 3.35. The van der Waals surface area contributed by atoms with Gasteiger partial charge in [-0.1, -0.05) is 15.9 Å². The van der Waals surface area contributed by atoms with Gasteiger partial charge in [0.25, 0.3) is 5.56 Å². The van der Waals surface area contributed by atoms with E-state index < -0.39 is 44.4 Å². The topological polar surface area (TPSA) is 202 Å². The second kappa shape index (κ2) is 9.76. The summed E-state index contributed by atoms with van der Waals surface area (Å²) in [4.78, 5) is 37.1. The Labute approximate surface area is 200 Å². The number of nitrogens with two attached hydrogens (primary N) is 1. The molecule has 4 atom stereocenters. The number of phosphoric ester groups is 1. The SMILES string of the molecule is Nc1nc2c([C@@H]3O[C@H](COP(=O)(O)O)[C@@H](O)[C@H]3O)cn(CCOc3ccc(Br)cc3)c2c(=O)[nH]1. The number of nitrogens with zero attached hydrogens (tertiary/aromatic N) is 2. The number of nitrogens with one attached hydrogen (secondary N) is 1. The lowest BCUT2D eigenvalue weighted by molar-refractivity contribution is -0.0220. The minimum absolute atomic E-state index is 0.151. The first-order chi connectivity index (χ1) is 16.0. The Morgan fingerprint density at radius 3 is 2.62 bits per heavy atom. The second-order valence-electron chi connectivity index (χ2n) is 7.59. The molecule has 0 unspecified atom stereocenters. The average Bonchev–Trinajstić information content (AvgIpc) is 3.25. The molecular weight excluding hydrogens is 539 g/mol. The molecule has 13 nitrogen and oxygen atoms in total. The first-order valence-electron chi connectivity index (χ1n) is 10.0. The molecule has 0 radical (unpaired) electrons. The zero-order valence-corrected chi connectivity index (χ0v) is 19.9. The number of benzene rings is 1. The molecule has 0 bridgehead atoms. The van der Waals surface area contributed by atoms with Gasteiger partial charge in [0.15, 0.2) is 0 Å². The van der Waals surface area contributed by atoms with Gasteiger partial charge in [-0.05, 0) is 24.3 Å². The van der Waals surface area contributed by atoms with Crippen LogP contribution in [0.2, 0.25) is 0 Å². The average molecular weight is 561 g/mol. The number of aliphatic hydroxyl groups excluding tert-OH is 2. The predicted octanol–water partition coefficient (Wildman–Crippen LogP) is 0.419. The number of aromatic nitrogens is 3. The monoisotopic (exact) mass is 560 g/mol. The molecule has 0 amide bonds. The van der Waals surface area contributed by atoms with Crippen LogP contribution in [0.15, 0.2) is 39.7 Å². The van der Waals surface area contributed by atoms with E-state index in [1.165, 1.54) is 6.20 Å². The first-order valence-corrected chi connectivity index (χ1v) is 12.3. The molecule has 7 N–H and O–H groups in total. The van der Waals surface area contributed by atoms with Gasteiger partial charge in [0.2, 0.25) is 5.95 Å². The van der Waals surface area contributed by atoms with Gasteiger partial charge in [0, 0.05) is 16.2 Å². The van der Waals surface area contributed by atoms with E-state index in [-0.39, 0.29) is 35.7 Å². The lowest BCUT2D eigenvalue weighted by Gasteiger charge is -2.14. The molecule has 2 aromatic heterocycles. The molecule has 1 aliphatic rings. The molecule has 3 heterocycles. The second-order valence-corrected chi connectivity index (χ2v) is 9.75. The summed E-state index contributed by atoms with van der Waals surface area (Å²) in [5, 5.41) is 20.9. The highest BCUT2D eigenvalue weighted by atomic mass is 79.9. The van der Waals surface area contributed by atoms with E-state index in [1.807, 2.05) is 12.1 Å². The lowest BCUT2D eigenvalue weighted by Crippen LogP contribution is -2.33. The van der Waals surface area contributed by atoms with E-state index in [0.29, 0.717) is 5.75 Å². The minimum atomic E-state index is -4.81. The van der Waals surface area contributed by atoms with Crippen molar-refractivity contribution in [1.29, 1.82) is 0 Å². The number of hydrogen-bond donors (Lipinski definition) is 6. The van der Waals surface area contributed by atoms with Crippen molar-refractivity contribution in [1.82, 2.24) is 14.5 Å². The molecule has 184 valence electrons. The fourth-order valence-corrected chi connectivity index (χ4v) is 4.34. The summed E-state index contributed by atoms with van der Waals surface area (Å²) in [6.07, 6.45) is -3.85. The Bertz CT molecular complexity index is 1280. The Kier molecular flexibility index (Phi) is 7.12. The molecule has 1 saturated heterocycles. The van der Waals surface area contributed by atoms with Crippen LogP contribution in [-0.2, 0) is 20.4 Å². The van der Waals surface area contributed by atoms with E-state index in [4.69, 9.17) is 25.0 Å². The van der Waals surface area contributed by atoms with Crippen molar-refractivity contribution in [3.63, 3.8) is 0 Å². The van der Waals surface area contributed by atoms with Crippen LogP contribution in [0.25, 0.3) is 11.0 Å². The number of rotatable bonds is 8. The van der Waals surface area contributed by atoms with Gasteiger partial charge in [-0.3, -0.25) is 14.3 Å². The maximum Gasteiger partial charge on any atom is 0.469 e. The van der Waals surface area contributed by atoms with E-state index in [9.17, 15) is 19.6 Å². The molecule has 1 fully saturated rings. The Morgan fingerprint density at radius 2 is 1.94 bits per heavy atom. The van der Waals surface area contributed by atoms with Crippen LogP contribution in [0, 0.1) is 0 Å². The fraction of sp³-hybridized carbons (Fsp3) is 0.368. The van der Waals surface area contributed by atoms with Gasteiger partial charge in [-0.15, -0.1) is 0 Å². The molecule has 3 aromatic rings. The van der Waals surface area contributed by atoms with Crippen LogP contribution in [-0.4, -0.2) is 66.1 Å². The molecular formula is C19H22BrN4O9P. The minimum Gasteiger partial charge on any atom is -0.492 e. The van der Waals surface area contributed by atoms with Crippen LogP contribution in [0.3, 0.4) is 0 Å². The molecule has 1 aromatic carbocycles. The summed E-state index contributed by atoms with van der Waals surface area (Å²) in [5.41, 5.74) is 5.76. The number of nitrogen functional groups attached to an aromatic ring is 1. The number of anilines is 1. The van der Waals surface area contributed by atoms with E-state index in [2.05, 4.69) is 30.4 Å². The maximum atomic E-state index is 12.6. The number of fused-ring (bicyclic) bond motifs is 1. The van der Waals surface area contributed by atoms with Crippen molar-refractivity contribution in [3.05, 3.63) is 50.9 Å². The van der Waals surface area contributed by atoms with E-state index >= 15 is 0 Å². The van der Waals surface area contributed by atoms with Crippen LogP contribution >= 0.6 is 23.8 Å². The quantitative estimate of drug-likeness (QED) is 0.208. The molecule has 0 spiro atoms. The number of H-pyrrole nitrogens is 1. The van der Waals surface area contributed by atoms with Gasteiger partial charge in [0.1, 0.15) is 47.8 Å². The highest BCUT2D eigenvalue weighted by molar-refractivity contribution is 9.10. The summed E-state index contributed by atoms with van der Waals surface area (Å²) in [6.45, 7) is -0.226. The Balaban J connectivity index is 1.60. The smallest absolute Gasteiger partial charge is 0.469 e. The number of hydrogen-bond acceptors (Lipinski definition) is 9. The van der Waals surface area contributed by atoms with Crippen LogP contribution in [0.1, 0.15) is 11.7 Å². The van der Waals surface area contributed by atoms with Gasteiger partial charge in [-0.2, -0.15) is 0 Å². The molecule has 0 aliphatic carbocycles. The van der Waals surface area contributed by atoms with Crippen molar-refractivity contribution in [3.8, 4) is 5.75 Å². The zero-order chi connectivity index (χ0) is 24.6. The van der Waals surface area contributed by atoms with Crippen molar-refractivity contribution in [2.24, 2.45) is 0 Å². The summed E-state index contributed by atoms with van der Waals surface area (Å²) < 4.78 is 29.2. The zero-order valence-electron chi connectivity index (χ0n) is 17.4. The largest absolute Gasteiger partial charge is 0.492 e. The molecule has 0 saturated carbocycles. The maximum absolute atomic E-state index is 12.6. The van der Waals surface area contributed by atoms with Crippen LogP contribution in [0.5, 0.6) is 5.75 Å². The van der Waals surface area contributed by atoms with Crippen molar-refractivity contribution < 1.29 is 38.6 Å². The van der Waals surface area contributed by atoms with Gasteiger partial charge >= 0.3 is 7.82 Å².